The highest BCUT2D eigenvalue weighted by atomic mass is 19.4. The van der Waals surface area contributed by atoms with E-state index in [2.05, 4.69) is 17.2 Å². The quantitative estimate of drug-likeness (QED) is 0.344. The van der Waals surface area contributed by atoms with Crippen molar-refractivity contribution in [3.05, 3.63) is 89.2 Å². The molecule has 34 heavy (non-hydrogen) atoms. The van der Waals surface area contributed by atoms with Crippen molar-refractivity contribution in [1.29, 1.82) is 0 Å². The van der Waals surface area contributed by atoms with Crippen molar-refractivity contribution in [2.24, 2.45) is 0 Å². The zero-order valence-corrected chi connectivity index (χ0v) is 18.6. The molecule has 4 aromatic rings. The average Bonchev–Trinajstić information content (AvgIpc) is 3.23. The molecule has 0 saturated carbocycles. The second kappa shape index (κ2) is 9.69. The number of hydrogen-bond donors (Lipinski definition) is 2. The number of aryl methyl sites for hydroxylation is 1. The van der Waals surface area contributed by atoms with Gasteiger partial charge in [0, 0.05) is 16.9 Å². The summed E-state index contributed by atoms with van der Waals surface area (Å²) in [7, 11) is 0. The van der Waals surface area contributed by atoms with Crippen molar-refractivity contribution < 1.29 is 23.1 Å². The lowest BCUT2D eigenvalue weighted by Gasteiger charge is -2.13. The summed E-state index contributed by atoms with van der Waals surface area (Å²) in [5, 5.41) is 12.1. The number of nitrogens with one attached hydrogen (secondary N) is 1. The van der Waals surface area contributed by atoms with Crippen LogP contribution in [0.1, 0.15) is 47.1 Å². The Hall–Kier alpha value is -3.65. The normalized spacial score (nSPS) is 11.7. The van der Waals surface area contributed by atoms with Gasteiger partial charge in [0.15, 0.2) is 0 Å². The van der Waals surface area contributed by atoms with E-state index in [4.69, 9.17) is 0 Å². The van der Waals surface area contributed by atoms with Crippen LogP contribution in [0.2, 0.25) is 0 Å². The third-order valence-electron chi connectivity index (χ3n) is 5.57. The van der Waals surface area contributed by atoms with Gasteiger partial charge < -0.3 is 10.4 Å². The van der Waals surface area contributed by atoms with Crippen molar-refractivity contribution >= 4 is 22.6 Å². The zero-order chi connectivity index (χ0) is 24.3. The number of fused-ring (bicyclic) bond motifs is 1. The van der Waals surface area contributed by atoms with E-state index in [-0.39, 0.29) is 29.2 Å². The topological polar surface area (TPSA) is 67.2 Å². The van der Waals surface area contributed by atoms with E-state index in [1.54, 1.807) is 30.3 Å². The number of halogens is 3. The molecule has 0 radical (unpaired) electrons. The van der Waals surface area contributed by atoms with Crippen molar-refractivity contribution in [3.63, 3.8) is 0 Å². The Bertz CT molecular complexity index is 1290. The molecular weight excluding hydrogens is 443 g/mol. The highest BCUT2D eigenvalue weighted by Gasteiger charge is 2.38. The summed E-state index contributed by atoms with van der Waals surface area (Å²) in [4.78, 5) is 16.3. The number of hydrogen-bond acceptors (Lipinski definition) is 3. The maximum absolute atomic E-state index is 13.7. The molecule has 5 nitrogen and oxygen atoms in total. The smallest absolute Gasteiger partial charge is 0.392 e. The summed E-state index contributed by atoms with van der Waals surface area (Å²) in [6.45, 7) is 1.83. The lowest BCUT2D eigenvalue weighted by molar-refractivity contribution is -0.145. The number of benzene rings is 3. The first-order valence-corrected chi connectivity index (χ1v) is 11.0. The molecule has 0 aliphatic carbocycles. The van der Waals surface area contributed by atoms with E-state index in [9.17, 15) is 23.1 Å². The van der Waals surface area contributed by atoms with Crippen LogP contribution in [0.3, 0.4) is 0 Å². The number of nitrogens with zero attached hydrogens (tertiary/aromatic N) is 2. The number of imidazole rings is 1. The molecule has 0 spiro atoms. The van der Waals surface area contributed by atoms with Gasteiger partial charge in [0.1, 0.15) is 0 Å². The van der Waals surface area contributed by atoms with Gasteiger partial charge in [0.25, 0.3) is 5.91 Å². The van der Waals surface area contributed by atoms with Crippen molar-refractivity contribution in [1.82, 2.24) is 9.55 Å². The Balaban J connectivity index is 1.58. The highest BCUT2D eigenvalue weighted by molar-refractivity contribution is 6.04. The third kappa shape index (κ3) is 4.97. The molecule has 0 fully saturated rings. The molecule has 1 amide bonds. The minimum absolute atomic E-state index is 0.138. The summed E-state index contributed by atoms with van der Waals surface area (Å²) >= 11 is 0. The van der Waals surface area contributed by atoms with Gasteiger partial charge in [-0.05, 0) is 72.5 Å². The number of carbonyl (C=O) groups excluding carboxylic acids is 1. The van der Waals surface area contributed by atoms with Crippen LogP contribution in [0, 0.1) is 0 Å². The number of carbonyl (C=O) groups is 1. The van der Waals surface area contributed by atoms with Crippen LogP contribution in [0.4, 0.5) is 18.9 Å². The Kier molecular flexibility index (Phi) is 6.70. The van der Waals surface area contributed by atoms with E-state index < -0.39 is 12.0 Å². The van der Waals surface area contributed by atoms with Gasteiger partial charge >= 0.3 is 6.18 Å². The molecule has 0 aliphatic rings. The van der Waals surface area contributed by atoms with Crippen LogP contribution in [0.15, 0.2) is 66.7 Å². The third-order valence-corrected chi connectivity index (χ3v) is 5.57. The summed E-state index contributed by atoms with van der Waals surface area (Å²) in [5.74, 6) is -1.35. The van der Waals surface area contributed by atoms with E-state index in [1.165, 1.54) is 29.8 Å². The molecule has 3 aromatic carbocycles. The number of aliphatic hydroxyl groups excluding tert-OH is 1. The molecule has 4 rings (SSSR count). The second-order valence-corrected chi connectivity index (χ2v) is 8.05. The zero-order valence-electron chi connectivity index (χ0n) is 18.6. The van der Waals surface area contributed by atoms with Crippen LogP contribution in [-0.2, 0) is 19.2 Å². The van der Waals surface area contributed by atoms with Gasteiger partial charge in [-0.1, -0.05) is 31.5 Å². The molecule has 1 aromatic heterocycles. The summed E-state index contributed by atoms with van der Waals surface area (Å²) in [5.41, 5.74) is 3.27. The van der Waals surface area contributed by atoms with E-state index >= 15 is 0 Å². The fourth-order valence-electron chi connectivity index (χ4n) is 3.78. The Morgan fingerprint density at radius 1 is 1.00 bits per heavy atom. The van der Waals surface area contributed by atoms with E-state index in [1.807, 2.05) is 12.1 Å². The number of anilines is 1. The molecule has 0 saturated heterocycles. The largest absolute Gasteiger partial charge is 0.450 e. The first kappa shape index (κ1) is 23.5. The second-order valence-electron chi connectivity index (χ2n) is 8.05. The van der Waals surface area contributed by atoms with Crippen LogP contribution >= 0.6 is 0 Å². The maximum Gasteiger partial charge on any atom is 0.450 e. The highest BCUT2D eigenvalue weighted by Crippen LogP contribution is 2.34. The maximum atomic E-state index is 13.7. The number of rotatable bonds is 7. The standard InChI is InChI=1S/C26H24F3N3O2/c1-2-3-4-17-5-8-19(9-6-17)24(34)30-20-10-12-21(13-11-20)32-23-14-7-18(16-33)15-22(23)31-25(32)26(27,28)29/h5-15,33H,2-4,16H2,1H3,(H,30,34). The summed E-state index contributed by atoms with van der Waals surface area (Å²) in [6.07, 6.45) is -1.53. The molecule has 2 N–H and O–H groups in total. The predicted octanol–water partition coefficient (Wildman–Crippen LogP) is 6.13. The molecule has 1 heterocycles. The fraction of sp³-hybridized carbons (Fsp3) is 0.231. The summed E-state index contributed by atoms with van der Waals surface area (Å²) in [6, 6.07) is 18.0. The van der Waals surface area contributed by atoms with Gasteiger partial charge in [-0.25, -0.2) is 4.98 Å². The van der Waals surface area contributed by atoms with Gasteiger partial charge in [0.2, 0.25) is 5.82 Å². The van der Waals surface area contributed by atoms with Gasteiger partial charge in [-0.3, -0.25) is 9.36 Å². The Labute approximate surface area is 194 Å². The van der Waals surface area contributed by atoms with Crippen molar-refractivity contribution in [2.75, 3.05) is 5.32 Å². The number of aromatic nitrogens is 2. The lowest BCUT2D eigenvalue weighted by Crippen LogP contribution is -2.14. The number of unbranched alkanes of at least 4 members (excludes halogenated alkanes) is 1. The van der Waals surface area contributed by atoms with E-state index in [0.717, 1.165) is 23.8 Å². The minimum atomic E-state index is -4.67. The minimum Gasteiger partial charge on any atom is -0.392 e. The van der Waals surface area contributed by atoms with Crippen LogP contribution in [0.25, 0.3) is 16.7 Å². The average molecular weight is 467 g/mol. The first-order valence-electron chi connectivity index (χ1n) is 11.0. The molecule has 0 bridgehead atoms. The number of aliphatic hydroxyl groups is 1. The lowest BCUT2D eigenvalue weighted by atomic mass is 10.1. The molecule has 8 heteroatoms. The predicted molar refractivity (Wildman–Crippen MR) is 125 cm³/mol. The molecular formula is C26H24F3N3O2. The van der Waals surface area contributed by atoms with Crippen LogP contribution < -0.4 is 5.32 Å². The molecule has 0 aliphatic heterocycles. The number of amides is 1. The van der Waals surface area contributed by atoms with Crippen molar-refractivity contribution in [2.45, 2.75) is 39.0 Å². The number of alkyl halides is 3. The fourth-order valence-corrected chi connectivity index (χ4v) is 3.78. The van der Waals surface area contributed by atoms with Gasteiger partial charge in [0.05, 0.1) is 17.6 Å². The van der Waals surface area contributed by atoms with Crippen molar-refractivity contribution in [3.8, 4) is 5.69 Å². The van der Waals surface area contributed by atoms with Gasteiger partial charge in [-0.2, -0.15) is 13.2 Å². The summed E-state index contributed by atoms with van der Waals surface area (Å²) < 4.78 is 42.1. The van der Waals surface area contributed by atoms with Crippen LogP contribution in [0.5, 0.6) is 0 Å². The first-order chi connectivity index (χ1) is 16.3. The molecule has 0 atom stereocenters. The SMILES string of the molecule is CCCCc1ccc(C(=O)Nc2ccc(-n3c(C(F)(F)F)nc4cc(CO)ccc43)cc2)cc1. The van der Waals surface area contributed by atoms with Crippen LogP contribution in [-0.4, -0.2) is 20.6 Å². The van der Waals surface area contributed by atoms with E-state index in [0.29, 0.717) is 16.8 Å². The molecule has 0 unspecified atom stereocenters. The monoisotopic (exact) mass is 467 g/mol. The molecule has 176 valence electrons. The van der Waals surface area contributed by atoms with Gasteiger partial charge in [-0.15, -0.1) is 0 Å². The Morgan fingerprint density at radius 2 is 1.68 bits per heavy atom. The Morgan fingerprint density at radius 3 is 2.29 bits per heavy atom.